The van der Waals surface area contributed by atoms with Gasteiger partial charge in [0.25, 0.3) is 5.91 Å². The first-order valence-corrected chi connectivity index (χ1v) is 11.3. The quantitative estimate of drug-likeness (QED) is 0.629. The number of benzene rings is 1. The molecular formula is C18H19N3O4S2. The lowest BCUT2D eigenvalue weighted by Crippen LogP contribution is -2.24. The first kappa shape index (κ1) is 18.1. The van der Waals surface area contributed by atoms with Gasteiger partial charge in [0, 0.05) is 23.0 Å². The van der Waals surface area contributed by atoms with Crippen molar-refractivity contribution in [3.8, 4) is 0 Å². The fraction of sp³-hybridized carbons (Fsp3) is 0.333. The zero-order valence-electron chi connectivity index (χ0n) is 14.7. The molecule has 0 unspecified atom stereocenters. The van der Waals surface area contributed by atoms with E-state index < -0.39 is 10.0 Å². The van der Waals surface area contributed by atoms with Gasteiger partial charge >= 0.3 is 0 Å². The molecule has 0 atom stereocenters. The number of thiophene rings is 1. The van der Waals surface area contributed by atoms with Crippen molar-refractivity contribution in [3.63, 3.8) is 0 Å². The van der Waals surface area contributed by atoms with E-state index in [2.05, 4.69) is 15.0 Å². The van der Waals surface area contributed by atoms with Crippen molar-refractivity contribution in [2.75, 3.05) is 18.1 Å². The third kappa shape index (κ3) is 4.55. The minimum absolute atomic E-state index is 0.201. The van der Waals surface area contributed by atoms with E-state index in [1.54, 1.807) is 12.1 Å². The second-order valence-corrected chi connectivity index (χ2v) is 9.65. The Balaban J connectivity index is 1.40. The summed E-state index contributed by atoms with van der Waals surface area (Å²) in [4.78, 5) is 18.5. The van der Waals surface area contributed by atoms with Crippen LogP contribution in [0.3, 0.4) is 0 Å². The number of hydrogen-bond acceptors (Lipinski definition) is 6. The fourth-order valence-corrected chi connectivity index (χ4v) is 4.09. The maximum atomic E-state index is 12.5. The van der Waals surface area contributed by atoms with E-state index in [1.165, 1.54) is 11.3 Å². The molecule has 0 saturated heterocycles. The summed E-state index contributed by atoms with van der Waals surface area (Å²) in [6.45, 7) is 0.312. The highest BCUT2D eigenvalue weighted by molar-refractivity contribution is 7.88. The van der Waals surface area contributed by atoms with Gasteiger partial charge in [0.2, 0.25) is 10.0 Å². The molecule has 1 aromatic carbocycles. The van der Waals surface area contributed by atoms with Crippen molar-refractivity contribution < 1.29 is 17.6 Å². The van der Waals surface area contributed by atoms with Gasteiger partial charge in [-0.3, -0.25) is 4.79 Å². The Labute approximate surface area is 160 Å². The van der Waals surface area contributed by atoms with Crippen molar-refractivity contribution in [1.82, 2.24) is 9.71 Å². The van der Waals surface area contributed by atoms with Crippen LogP contribution in [0.5, 0.6) is 0 Å². The van der Waals surface area contributed by atoms with Gasteiger partial charge in [-0.05, 0) is 49.6 Å². The molecule has 0 spiro atoms. The number of carbonyl (C=O) groups excluding carboxylic acids is 1. The number of amides is 1. The molecule has 27 heavy (non-hydrogen) atoms. The van der Waals surface area contributed by atoms with Crippen molar-refractivity contribution >= 4 is 44.1 Å². The second-order valence-electron chi connectivity index (χ2n) is 6.65. The van der Waals surface area contributed by atoms with Crippen LogP contribution in [0.2, 0.25) is 0 Å². The van der Waals surface area contributed by atoms with Gasteiger partial charge in [0.05, 0.1) is 11.1 Å². The Hall–Kier alpha value is -2.23. The van der Waals surface area contributed by atoms with Crippen LogP contribution in [-0.4, -0.2) is 32.1 Å². The minimum atomic E-state index is -3.20. The number of carbonyl (C=O) groups is 1. The van der Waals surface area contributed by atoms with E-state index in [9.17, 15) is 13.2 Å². The molecule has 142 valence electrons. The van der Waals surface area contributed by atoms with E-state index in [4.69, 9.17) is 4.42 Å². The molecule has 3 aromatic rings. The van der Waals surface area contributed by atoms with Gasteiger partial charge in [-0.2, -0.15) is 0 Å². The molecule has 1 fully saturated rings. The van der Waals surface area contributed by atoms with E-state index in [0.717, 1.165) is 41.0 Å². The van der Waals surface area contributed by atoms with Gasteiger partial charge in [-0.25, -0.2) is 18.1 Å². The van der Waals surface area contributed by atoms with Gasteiger partial charge in [0.1, 0.15) is 5.52 Å². The zero-order chi connectivity index (χ0) is 19.0. The van der Waals surface area contributed by atoms with Crippen LogP contribution in [0, 0.1) is 0 Å². The molecule has 7 nitrogen and oxygen atoms in total. The normalized spacial score (nSPS) is 14.6. The van der Waals surface area contributed by atoms with E-state index in [-0.39, 0.29) is 5.91 Å². The summed E-state index contributed by atoms with van der Waals surface area (Å²) in [6, 6.07) is 9.02. The highest BCUT2D eigenvalue weighted by Crippen LogP contribution is 2.40. The van der Waals surface area contributed by atoms with Crippen molar-refractivity contribution in [2.24, 2.45) is 0 Å². The lowest BCUT2D eigenvalue weighted by Gasteiger charge is -2.03. The first-order chi connectivity index (χ1) is 12.9. The van der Waals surface area contributed by atoms with Crippen LogP contribution in [-0.2, 0) is 16.4 Å². The lowest BCUT2D eigenvalue weighted by atomic mass is 10.3. The Bertz CT molecular complexity index is 1100. The van der Waals surface area contributed by atoms with Gasteiger partial charge in [0.15, 0.2) is 11.5 Å². The third-order valence-electron chi connectivity index (χ3n) is 4.21. The maximum absolute atomic E-state index is 12.5. The summed E-state index contributed by atoms with van der Waals surface area (Å²) in [6.07, 6.45) is 3.91. The number of sulfonamides is 1. The average molecular weight is 406 g/mol. The average Bonchev–Trinajstić information content (AvgIpc) is 3.19. The number of rotatable bonds is 7. The van der Waals surface area contributed by atoms with Crippen LogP contribution in [0.4, 0.5) is 5.69 Å². The van der Waals surface area contributed by atoms with Gasteiger partial charge in [-0.1, -0.05) is 0 Å². The largest absolute Gasteiger partial charge is 0.440 e. The summed E-state index contributed by atoms with van der Waals surface area (Å²) >= 11 is 1.35. The molecule has 4 rings (SSSR count). The molecule has 1 saturated carbocycles. The fourth-order valence-electron chi connectivity index (χ4n) is 2.71. The predicted molar refractivity (Wildman–Crippen MR) is 105 cm³/mol. The molecular weight excluding hydrogens is 386 g/mol. The summed E-state index contributed by atoms with van der Waals surface area (Å²) in [5, 5.41) is 2.88. The second kappa shape index (κ2) is 7.06. The van der Waals surface area contributed by atoms with E-state index in [0.29, 0.717) is 29.4 Å². The number of fused-ring (bicyclic) bond motifs is 1. The van der Waals surface area contributed by atoms with Crippen LogP contribution in [0.25, 0.3) is 11.1 Å². The molecule has 9 heteroatoms. The Morgan fingerprint density at radius 2 is 2.11 bits per heavy atom. The Morgan fingerprint density at radius 1 is 1.30 bits per heavy atom. The summed E-state index contributed by atoms with van der Waals surface area (Å²) < 4.78 is 30.4. The van der Waals surface area contributed by atoms with Crippen molar-refractivity contribution in [2.45, 2.75) is 25.2 Å². The van der Waals surface area contributed by atoms with E-state index >= 15 is 0 Å². The SMILES string of the molecule is CS(=O)(=O)NCCc1ccc(C(=O)Nc2ccc3oc(C4CC4)nc3c2)s1. The van der Waals surface area contributed by atoms with Crippen LogP contribution in [0.15, 0.2) is 34.7 Å². The van der Waals surface area contributed by atoms with Crippen LogP contribution >= 0.6 is 11.3 Å². The molecule has 1 aliphatic rings. The molecule has 2 aromatic heterocycles. The van der Waals surface area contributed by atoms with Crippen molar-refractivity contribution in [3.05, 3.63) is 46.0 Å². The smallest absolute Gasteiger partial charge is 0.265 e. The van der Waals surface area contributed by atoms with Crippen molar-refractivity contribution in [1.29, 1.82) is 0 Å². The molecule has 0 aliphatic heterocycles. The van der Waals surface area contributed by atoms with Crippen LogP contribution < -0.4 is 10.0 Å². The molecule has 1 aliphatic carbocycles. The molecule has 0 bridgehead atoms. The standard InChI is InChI=1S/C18H19N3O4S2/c1-27(23,24)19-9-8-13-5-7-16(26-13)17(22)20-12-4-6-15-14(10-12)21-18(25-15)11-2-3-11/h4-7,10-11,19H,2-3,8-9H2,1H3,(H,20,22). The molecule has 1 amide bonds. The maximum Gasteiger partial charge on any atom is 0.265 e. The number of oxazole rings is 1. The molecule has 0 radical (unpaired) electrons. The number of nitrogens with zero attached hydrogens (tertiary/aromatic N) is 1. The highest BCUT2D eigenvalue weighted by Gasteiger charge is 2.28. The third-order valence-corrected chi connectivity index (χ3v) is 6.08. The summed E-state index contributed by atoms with van der Waals surface area (Å²) in [5.41, 5.74) is 2.14. The van der Waals surface area contributed by atoms with Gasteiger partial charge in [-0.15, -0.1) is 11.3 Å². The molecule has 2 N–H and O–H groups in total. The topological polar surface area (TPSA) is 101 Å². The first-order valence-electron chi connectivity index (χ1n) is 8.62. The van der Waals surface area contributed by atoms with E-state index in [1.807, 2.05) is 18.2 Å². The Kier molecular flexibility index (Phi) is 4.75. The Morgan fingerprint density at radius 3 is 2.85 bits per heavy atom. The summed E-state index contributed by atoms with van der Waals surface area (Å²) in [5.74, 6) is 1.02. The number of aromatic nitrogens is 1. The molecule has 2 heterocycles. The highest BCUT2D eigenvalue weighted by atomic mass is 32.2. The zero-order valence-corrected chi connectivity index (χ0v) is 16.3. The monoisotopic (exact) mass is 405 g/mol. The number of anilines is 1. The summed E-state index contributed by atoms with van der Waals surface area (Å²) in [7, 11) is -3.20. The van der Waals surface area contributed by atoms with Gasteiger partial charge < -0.3 is 9.73 Å². The predicted octanol–water partition coefficient (Wildman–Crippen LogP) is 3.11. The minimum Gasteiger partial charge on any atom is -0.440 e. The number of nitrogens with one attached hydrogen (secondary N) is 2. The van der Waals surface area contributed by atoms with Crippen LogP contribution in [0.1, 0.15) is 39.2 Å². The lowest BCUT2D eigenvalue weighted by molar-refractivity contribution is 0.103. The number of hydrogen-bond donors (Lipinski definition) is 2.